The zero-order valence-corrected chi connectivity index (χ0v) is 18.0. The number of hydrogen-bond donors (Lipinski definition) is 1. The fraction of sp³-hybridized carbons (Fsp3) is 0.500. The average Bonchev–Trinajstić information content (AvgIpc) is 2.63. The van der Waals surface area contributed by atoms with E-state index in [0.29, 0.717) is 0 Å². The highest BCUT2D eigenvalue weighted by Gasteiger charge is 2.17. The van der Waals surface area contributed by atoms with Crippen LogP contribution >= 0.6 is 0 Å². The van der Waals surface area contributed by atoms with Gasteiger partial charge in [-0.3, -0.25) is 4.79 Å². The maximum Gasteiger partial charge on any atom is 0.302 e. The highest BCUT2D eigenvalue weighted by Crippen LogP contribution is 2.32. The lowest BCUT2D eigenvalue weighted by Crippen LogP contribution is -2.34. The highest BCUT2D eigenvalue weighted by atomic mass is 16.5. The maximum atomic E-state index is 9.59. The van der Waals surface area contributed by atoms with E-state index in [0.717, 1.165) is 25.4 Å². The summed E-state index contributed by atoms with van der Waals surface area (Å²) >= 11 is 0. The molecule has 1 aliphatic heterocycles. The molecule has 1 heterocycles. The Morgan fingerprint density at radius 1 is 1.33 bits per heavy atom. The standard InChI is InChI=1S/C16H22N2O.C3H6O2.C3H8/c1-4-7-17-11-14(3)12-18-8-9-19-16-6-5-13(2)10-15(16)18;1-3(4)5-2;1-3-2/h4-7,10-11,17H,8-9,12H2,1-3H3;1-2H3;3H2,1-2H3/b7-4-,14-11+;;. The fourth-order valence-electron chi connectivity index (χ4n) is 2.18. The van der Waals surface area contributed by atoms with E-state index in [1.165, 1.54) is 37.3 Å². The van der Waals surface area contributed by atoms with Crippen LogP contribution in [0.1, 0.15) is 46.6 Å². The number of ether oxygens (including phenoxy) is 2. The Balaban J connectivity index is 0.000000719. The van der Waals surface area contributed by atoms with Gasteiger partial charge < -0.3 is 19.7 Å². The molecule has 1 aromatic rings. The SMILES string of the molecule is C/C=C\N/C=C(\C)CN1CCOc2ccc(C)cc21.CCC.COC(C)=O. The number of allylic oxidation sites excluding steroid dienone is 1. The molecule has 27 heavy (non-hydrogen) atoms. The third-order valence-corrected chi connectivity index (χ3v) is 3.39. The highest BCUT2D eigenvalue weighted by molar-refractivity contribution is 5.65. The van der Waals surface area contributed by atoms with Crippen molar-refractivity contribution in [2.24, 2.45) is 0 Å². The molecule has 1 aliphatic rings. The van der Waals surface area contributed by atoms with E-state index < -0.39 is 0 Å². The van der Waals surface area contributed by atoms with Gasteiger partial charge in [-0.05, 0) is 50.2 Å². The predicted octanol–water partition coefficient (Wildman–Crippen LogP) is 4.82. The molecule has 0 fully saturated rings. The number of benzene rings is 1. The minimum absolute atomic E-state index is 0.245. The van der Waals surface area contributed by atoms with Gasteiger partial charge in [0, 0.05) is 19.7 Å². The summed E-state index contributed by atoms with van der Waals surface area (Å²) in [6, 6.07) is 6.35. The summed E-state index contributed by atoms with van der Waals surface area (Å²) in [7, 11) is 1.35. The number of esters is 1. The first-order chi connectivity index (χ1) is 12.9. The van der Waals surface area contributed by atoms with Crippen molar-refractivity contribution >= 4 is 11.7 Å². The van der Waals surface area contributed by atoms with E-state index >= 15 is 0 Å². The van der Waals surface area contributed by atoms with E-state index in [1.807, 2.05) is 25.4 Å². The van der Waals surface area contributed by atoms with E-state index in [9.17, 15) is 4.79 Å². The second-order valence-corrected chi connectivity index (χ2v) is 6.30. The van der Waals surface area contributed by atoms with Gasteiger partial charge >= 0.3 is 5.97 Å². The Kier molecular flexibility index (Phi) is 13.4. The first kappa shape index (κ1) is 24.6. The first-order valence-electron chi connectivity index (χ1n) is 9.45. The van der Waals surface area contributed by atoms with Gasteiger partial charge in [0.2, 0.25) is 0 Å². The van der Waals surface area contributed by atoms with Gasteiger partial charge in [-0.1, -0.05) is 32.4 Å². The number of fused-ring (bicyclic) bond motifs is 1. The van der Waals surface area contributed by atoms with Crippen LogP contribution in [0.2, 0.25) is 0 Å². The lowest BCUT2D eigenvalue weighted by Gasteiger charge is -2.31. The smallest absolute Gasteiger partial charge is 0.302 e. The Labute approximate surface area is 165 Å². The molecule has 0 aliphatic carbocycles. The topological polar surface area (TPSA) is 50.8 Å². The number of aryl methyl sites for hydroxylation is 1. The number of anilines is 1. The minimum Gasteiger partial charge on any atom is -0.490 e. The molecule has 0 saturated heterocycles. The van der Waals surface area contributed by atoms with Gasteiger partial charge in [-0.25, -0.2) is 0 Å². The zero-order chi connectivity index (χ0) is 20.7. The molecule has 0 radical (unpaired) electrons. The molecule has 1 N–H and O–H groups in total. The molecule has 1 aromatic carbocycles. The molecule has 0 atom stereocenters. The summed E-state index contributed by atoms with van der Waals surface area (Å²) in [5.41, 5.74) is 3.76. The summed E-state index contributed by atoms with van der Waals surface area (Å²) in [6.07, 6.45) is 7.21. The summed E-state index contributed by atoms with van der Waals surface area (Å²) in [5, 5.41) is 3.16. The predicted molar refractivity (Wildman–Crippen MR) is 114 cm³/mol. The zero-order valence-electron chi connectivity index (χ0n) is 18.0. The van der Waals surface area contributed by atoms with Gasteiger partial charge in [-0.15, -0.1) is 0 Å². The average molecular weight is 377 g/mol. The number of rotatable bonds is 4. The van der Waals surface area contributed by atoms with Crippen LogP contribution in [-0.4, -0.2) is 32.8 Å². The number of nitrogens with one attached hydrogen (secondary N) is 1. The molecule has 152 valence electrons. The van der Waals surface area contributed by atoms with Crippen molar-refractivity contribution in [3.8, 4) is 5.75 Å². The van der Waals surface area contributed by atoms with Crippen LogP contribution in [0.25, 0.3) is 0 Å². The van der Waals surface area contributed by atoms with Crippen molar-refractivity contribution in [2.45, 2.75) is 48.0 Å². The quantitative estimate of drug-likeness (QED) is 0.764. The number of carbonyl (C=O) groups is 1. The number of nitrogens with zero attached hydrogens (tertiary/aromatic N) is 1. The fourth-order valence-corrected chi connectivity index (χ4v) is 2.18. The Bertz CT molecular complexity index is 610. The monoisotopic (exact) mass is 376 g/mol. The number of hydrogen-bond acceptors (Lipinski definition) is 5. The Hall–Kier alpha value is -2.43. The number of methoxy groups -OCH3 is 1. The molecule has 0 bridgehead atoms. The molecular weight excluding hydrogens is 340 g/mol. The molecular formula is C22H36N2O3. The third kappa shape index (κ3) is 11.0. The minimum atomic E-state index is -0.245. The van der Waals surface area contributed by atoms with E-state index in [4.69, 9.17) is 4.74 Å². The van der Waals surface area contributed by atoms with Gasteiger partial charge in [0.25, 0.3) is 0 Å². The summed E-state index contributed by atoms with van der Waals surface area (Å²) in [6.45, 7) is 14.5. The van der Waals surface area contributed by atoms with Crippen LogP contribution in [0.15, 0.2) is 42.2 Å². The van der Waals surface area contributed by atoms with Crippen molar-refractivity contribution < 1.29 is 14.3 Å². The Morgan fingerprint density at radius 2 is 1.96 bits per heavy atom. The van der Waals surface area contributed by atoms with Crippen molar-refractivity contribution in [2.75, 3.05) is 31.7 Å². The van der Waals surface area contributed by atoms with Crippen LogP contribution in [0.3, 0.4) is 0 Å². The molecule has 2 rings (SSSR count). The van der Waals surface area contributed by atoms with Crippen molar-refractivity contribution in [3.05, 3.63) is 47.8 Å². The second kappa shape index (κ2) is 14.7. The summed E-state index contributed by atoms with van der Waals surface area (Å²) in [4.78, 5) is 12.0. The largest absolute Gasteiger partial charge is 0.490 e. The van der Waals surface area contributed by atoms with E-state index in [-0.39, 0.29) is 5.97 Å². The van der Waals surface area contributed by atoms with Crippen molar-refractivity contribution in [1.29, 1.82) is 0 Å². The Morgan fingerprint density at radius 3 is 2.52 bits per heavy atom. The molecule has 0 amide bonds. The third-order valence-electron chi connectivity index (χ3n) is 3.39. The normalized spacial score (nSPS) is 12.7. The molecule has 5 heteroatoms. The number of carbonyl (C=O) groups excluding carboxylic acids is 1. The van der Waals surface area contributed by atoms with Crippen LogP contribution in [0, 0.1) is 6.92 Å². The lowest BCUT2D eigenvalue weighted by atomic mass is 10.1. The van der Waals surface area contributed by atoms with Gasteiger partial charge in [0.15, 0.2) is 0 Å². The first-order valence-corrected chi connectivity index (χ1v) is 9.45. The van der Waals surface area contributed by atoms with Crippen molar-refractivity contribution in [1.82, 2.24) is 5.32 Å². The molecule has 5 nitrogen and oxygen atoms in total. The van der Waals surface area contributed by atoms with Crippen LogP contribution < -0.4 is 15.0 Å². The van der Waals surface area contributed by atoms with Gasteiger partial charge in [0.05, 0.1) is 19.3 Å². The van der Waals surface area contributed by atoms with Gasteiger partial charge in [0.1, 0.15) is 12.4 Å². The van der Waals surface area contributed by atoms with Crippen LogP contribution in [0.4, 0.5) is 5.69 Å². The van der Waals surface area contributed by atoms with Crippen LogP contribution in [-0.2, 0) is 9.53 Å². The molecule has 0 unspecified atom stereocenters. The maximum absolute atomic E-state index is 9.59. The van der Waals surface area contributed by atoms with Crippen LogP contribution in [0.5, 0.6) is 5.75 Å². The summed E-state index contributed by atoms with van der Waals surface area (Å²) < 4.78 is 9.81. The molecule has 0 aromatic heterocycles. The summed E-state index contributed by atoms with van der Waals surface area (Å²) in [5.74, 6) is 0.746. The van der Waals surface area contributed by atoms with Crippen molar-refractivity contribution in [3.63, 3.8) is 0 Å². The second-order valence-electron chi connectivity index (χ2n) is 6.30. The lowest BCUT2D eigenvalue weighted by molar-refractivity contribution is -0.137. The molecule has 0 saturated carbocycles. The van der Waals surface area contributed by atoms with E-state index in [2.05, 4.69) is 60.8 Å². The molecule has 0 spiro atoms. The van der Waals surface area contributed by atoms with Gasteiger partial charge in [-0.2, -0.15) is 0 Å². The van der Waals surface area contributed by atoms with E-state index in [1.54, 1.807) is 0 Å².